The van der Waals surface area contributed by atoms with Crippen LogP contribution in [0, 0.1) is 0 Å². The van der Waals surface area contributed by atoms with Crippen molar-refractivity contribution in [1.82, 2.24) is 0 Å². The zero-order valence-corrected chi connectivity index (χ0v) is 14.6. The van der Waals surface area contributed by atoms with E-state index in [1.165, 1.54) is 6.42 Å². The van der Waals surface area contributed by atoms with Gasteiger partial charge < -0.3 is 10.1 Å². The minimum absolute atomic E-state index is 0.0506. The highest BCUT2D eigenvalue weighted by Crippen LogP contribution is 2.40. The van der Waals surface area contributed by atoms with Crippen LogP contribution in [0.3, 0.4) is 0 Å². The number of amides is 1. The van der Waals surface area contributed by atoms with E-state index in [1.54, 1.807) is 19.2 Å². The molecule has 0 aliphatic heterocycles. The summed E-state index contributed by atoms with van der Waals surface area (Å²) in [5.41, 5.74) is 1.35. The van der Waals surface area contributed by atoms with Crippen LogP contribution in [0.4, 0.5) is 5.69 Å². The number of benzene rings is 2. The second-order valence-electron chi connectivity index (χ2n) is 6.31. The number of ether oxygens (including phenoxy) is 1. The summed E-state index contributed by atoms with van der Waals surface area (Å²) in [6, 6.07) is 15.4. The third kappa shape index (κ3) is 3.27. The Morgan fingerprint density at radius 3 is 2.42 bits per heavy atom. The topological polar surface area (TPSA) is 38.3 Å². The molecule has 0 atom stereocenters. The van der Waals surface area contributed by atoms with Crippen LogP contribution in [0.15, 0.2) is 48.5 Å². The monoisotopic (exact) mass is 343 g/mol. The largest absolute Gasteiger partial charge is 0.495 e. The van der Waals surface area contributed by atoms with Gasteiger partial charge >= 0.3 is 0 Å². The molecular formula is C20H22ClNO2. The van der Waals surface area contributed by atoms with E-state index in [0.717, 1.165) is 31.2 Å². The predicted octanol–water partition coefficient (Wildman–Crippen LogP) is 5.19. The number of carbonyl (C=O) groups excluding carboxylic acids is 1. The summed E-state index contributed by atoms with van der Waals surface area (Å²) >= 11 is 6.17. The van der Waals surface area contributed by atoms with Crippen LogP contribution in [0.2, 0.25) is 5.02 Å². The molecule has 24 heavy (non-hydrogen) atoms. The maximum Gasteiger partial charge on any atom is 0.235 e. The number of hydrogen-bond donors (Lipinski definition) is 1. The minimum atomic E-state index is -0.452. The fourth-order valence-electron chi connectivity index (χ4n) is 3.55. The molecule has 3 rings (SSSR count). The summed E-state index contributed by atoms with van der Waals surface area (Å²) in [6.07, 6.45) is 5.10. The molecule has 0 aromatic heterocycles. The molecule has 0 saturated heterocycles. The molecule has 3 nitrogen and oxygen atoms in total. The highest BCUT2D eigenvalue weighted by molar-refractivity contribution is 6.32. The number of nitrogens with one attached hydrogen (secondary N) is 1. The maximum atomic E-state index is 13.2. The van der Waals surface area contributed by atoms with E-state index in [0.29, 0.717) is 16.5 Å². The Bertz CT molecular complexity index is 709. The summed E-state index contributed by atoms with van der Waals surface area (Å²) < 4.78 is 5.17. The highest BCUT2D eigenvalue weighted by Gasteiger charge is 2.41. The molecular weight excluding hydrogens is 322 g/mol. The van der Waals surface area contributed by atoms with Gasteiger partial charge in [0, 0.05) is 5.69 Å². The van der Waals surface area contributed by atoms with Crippen LogP contribution in [-0.2, 0) is 10.2 Å². The molecule has 1 amide bonds. The lowest BCUT2D eigenvalue weighted by Crippen LogP contribution is -2.42. The van der Waals surface area contributed by atoms with Crippen molar-refractivity contribution < 1.29 is 9.53 Å². The Hall–Kier alpha value is -2.00. The van der Waals surface area contributed by atoms with Crippen molar-refractivity contribution in [2.24, 2.45) is 0 Å². The van der Waals surface area contributed by atoms with E-state index < -0.39 is 5.41 Å². The van der Waals surface area contributed by atoms with Crippen LogP contribution in [-0.4, -0.2) is 13.0 Å². The molecule has 4 heteroatoms. The third-order valence-corrected chi connectivity index (χ3v) is 5.17. The molecule has 1 aliphatic carbocycles. The summed E-state index contributed by atoms with van der Waals surface area (Å²) in [7, 11) is 1.58. The SMILES string of the molecule is COc1ccc(NC(=O)C2(c3ccccc3)CCCCC2)cc1Cl. The molecule has 2 aromatic carbocycles. The lowest BCUT2D eigenvalue weighted by atomic mass is 9.68. The quantitative estimate of drug-likeness (QED) is 0.829. The minimum Gasteiger partial charge on any atom is -0.495 e. The van der Waals surface area contributed by atoms with Gasteiger partial charge in [-0.15, -0.1) is 0 Å². The van der Waals surface area contributed by atoms with E-state index in [9.17, 15) is 4.79 Å². The second-order valence-corrected chi connectivity index (χ2v) is 6.72. The summed E-state index contributed by atoms with van der Waals surface area (Å²) in [5, 5.41) is 3.56. The van der Waals surface area contributed by atoms with Gasteiger partial charge in [-0.2, -0.15) is 0 Å². The maximum absolute atomic E-state index is 13.2. The fourth-order valence-corrected chi connectivity index (χ4v) is 3.81. The predicted molar refractivity (Wildman–Crippen MR) is 97.8 cm³/mol. The van der Waals surface area contributed by atoms with Crippen LogP contribution >= 0.6 is 11.6 Å². The Labute approximate surface area is 148 Å². The molecule has 1 fully saturated rings. The van der Waals surface area contributed by atoms with Crippen LogP contribution in [0.25, 0.3) is 0 Å². The van der Waals surface area contributed by atoms with Gasteiger partial charge in [-0.3, -0.25) is 4.79 Å². The Balaban J connectivity index is 1.88. The van der Waals surface area contributed by atoms with Crippen LogP contribution < -0.4 is 10.1 Å². The number of halogens is 1. The van der Waals surface area contributed by atoms with Gasteiger partial charge in [0.05, 0.1) is 17.5 Å². The third-order valence-electron chi connectivity index (χ3n) is 4.88. The first-order chi connectivity index (χ1) is 11.7. The van der Waals surface area contributed by atoms with Gasteiger partial charge in [0.1, 0.15) is 5.75 Å². The lowest BCUT2D eigenvalue weighted by molar-refractivity contribution is -0.122. The van der Waals surface area contributed by atoms with Crippen molar-refractivity contribution in [1.29, 1.82) is 0 Å². The highest BCUT2D eigenvalue weighted by atomic mass is 35.5. The normalized spacial score (nSPS) is 16.4. The average Bonchev–Trinajstić information content (AvgIpc) is 2.63. The van der Waals surface area contributed by atoms with E-state index in [4.69, 9.17) is 16.3 Å². The van der Waals surface area contributed by atoms with E-state index >= 15 is 0 Å². The van der Waals surface area contributed by atoms with Crippen LogP contribution in [0.1, 0.15) is 37.7 Å². The van der Waals surface area contributed by atoms with E-state index in [-0.39, 0.29) is 5.91 Å². The zero-order valence-electron chi connectivity index (χ0n) is 13.8. The molecule has 0 unspecified atom stereocenters. The fraction of sp³-hybridized carbons (Fsp3) is 0.350. The smallest absolute Gasteiger partial charge is 0.235 e. The first-order valence-electron chi connectivity index (χ1n) is 8.36. The van der Waals surface area contributed by atoms with E-state index in [2.05, 4.69) is 17.4 Å². The number of rotatable bonds is 4. The molecule has 1 saturated carbocycles. The molecule has 1 N–H and O–H groups in total. The van der Waals surface area contributed by atoms with E-state index in [1.807, 2.05) is 24.3 Å². The Morgan fingerprint density at radius 2 is 1.79 bits per heavy atom. The van der Waals surface area contributed by atoms with Crippen molar-refractivity contribution >= 4 is 23.2 Å². The molecule has 0 spiro atoms. The Kier molecular flexibility index (Phi) is 5.10. The molecule has 0 heterocycles. The average molecular weight is 344 g/mol. The zero-order chi connectivity index (χ0) is 17.0. The van der Waals surface area contributed by atoms with Crippen molar-refractivity contribution in [3.8, 4) is 5.75 Å². The van der Waals surface area contributed by atoms with Crippen molar-refractivity contribution in [2.75, 3.05) is 12.4 Å². The van der Waals surface area contributed by atoms with Gasteiger partial charge in [0.25, 0.3) is 0 Å². The second kappa shape index (κ2) is 7.27. The number of methoxy groups -OCH3 is 1. The number of hydrogen-bond acceptors (Lipinski definition) is 2. The van der Waals surface area contributed by atoms with Gasteiger partial charge in [-0.25, -0.2) is 0 Å². The molecule has 0 bridgehead atoms. The lowest BCUT2D eigenvalue weighted by Gasteiger charge is -2.36. The van der Waals surface area contributed by atoms with Gasteiger partial charge in [0.2, 0.25) is 5.91 Å². The molecule has 126 valence electrons. The van der Waals surface area contributed by atoms with Crippen molar-refractivity contribution in [2.45, 2.75) is 37.5 Å². The van der Waals surface area contributed by atoms with Gasteiger partial charge in [-0.1, -0.05) is 61.2 Å². The summed E-state index contributed by atoms with van der Waals surface area (Å²) in [4.78, 5) is 13.2. The standard InChI is InChI=1S/C20H22ClNO2/c1-24-18-11-10-16(14-17(18)21)22-19(23)20(12-6-3-7-13-20)15-8-4-2-5-9-15/h2,4-5,8-11,14H,3,6-7,12-13H2,1H3,(H,22,23). The first kappa shape index (κ1) is 16.8. The van der Waals surface area contributed by atoms with Gasteiger partial charge in [0.15, 0.2) is 0 Å². The Morgan fingerprint density at radius 1 is 1.08 bits per heavy atom. The van der Waals surface area contributed by atoms with Crippen molar-refractivity contribution in [3.63, 3.8) is 0 Å². The number of carbonyl (C=O) groups is 1. The van der Waals surface area contributed by atoms with Crippen molar-refractivity contribution in [3.05, 3.63) is 59.1 Å². The number of anilines is 1. The summed E-state index contributed by atoms with van der Waals surface area (Å²) in [5.74, 6) is 0.653. The molecule has 2 aromatic rings. The first-order valence-corrected chi connectivity index (χ1v) is 8.74. The molecule has 1 aliphatic rings. The summed E-state index contributed by atoms with van der Waals surface area (Å²) in [6.45, 7) is 0. The van der Waals surface area contributed by atoms with Crippen LogP contribution in [0.5, 0.6) is 5.75 Å². The van der Waals surface area contributed by atoms with Gasteiger partial charge in [-0.05, 0) is 36.6 Å². The molecule has 0 radical (unpaired) electrons.